The zero-order valence-electron chi connectivity index (χ0n) is 12.2. The minimum atomic E-state index is -4.08. The molecule has 0 unspecified atom stereocenters. The Morgan fingerprint density at radius 2 is 1.92 bits per heavy atom. The van der Waals surface area contributed by atoms with E-state index in [1.54, 1.807) is 5.38 Å². The van der Waals surface area contributed by atoms with Gasteiger partial charge in [0.2, 0.25) is 0 Å². The largest absolute Gasteiger partial charge is 0.334 e. The maximum Gasteiger partial charge on any atom is 0.334 e. The van der Waals surface area contributed by atoms with Gasteiger partial charge < -0.3 is 0 Å². The number of amides is 2. The van der Waals surface area contributed by atoms with Gasteiger partial charge >= 0.3 is 6.03 Å². The molecule has 0 saturated heterocycles. The van der Waals surface area contributed by atoms with Gasteiger partial charge in [-0.1, -0.05) is 29.3 Å². The summed E-state index contributed by atoms with van der Waals surface area (Å²) >= 11 is 14.3. The number of urea groups is 1. The summed E-state index contributed by atoms with van der Waals surface area (Å²) in [4.78, 5) is 17.0. The van der Waals surface area contributed by atoms with Gasteiger partial charge in [0.25, 0.3) is 10.0 Å². The third-order valence-electron chi connectivity index (χ3n) is 2.93. The fourth-order valence-electron chi connectivity index (χ4n) is 1.82. The standard InChI is InChI=1S/C14H9Cl2N3O3S3/c15-9-4-3-8(6-10(9)16)25(21,22)19-13(20)18-14-17-11(7-24-14)12-2-1-5-23-12/h1-7H,(H2,17,18,19,20). The minimum absolute atomic E-state index is 0.0745. The first-order valence-corrected chi connectivity index (χ1v) is 10.6. The molecule has 0 bridgehead atoms. The Kier molecular flexibility index (Phi) is 5.30. The lowest BCUT2D eigenvalue weighted by Crippen LogP contribution is -2.34. The molecule has 2 aromatic heterocycles. The number of nitrogens with one attached hydrogen (secondary N) is 2. The smallest absolute Gasteiger partial charge is 0.283 e. The number of aromatic nitrogens is 1. The van der Waals surface area contributed by atoms with E-state index in [2.05, 4.69) is 10.3 Å². The Bertz CT molecular complexity index is 1020. The van der Waals surface area contributed by atoms with Gasteiger partial charge in [0.15, 0.2) is 5.13 Å². The summed E-state index contributed by atoms with van der Waals surface area (Å²) < 4.78 is 26.3. The van der Waals surface area contributed by atoms with Crippen molar-refractivity contribution in [2.45, 2.75) is 4.90 Å². The highest BCUT2D eigenvalue weighted by molar-refractivity contribution is 7.90. The number of anilines is 1. The number of halogens is 2. The number of thiophene rings is 1. The van der Waals surface area contributed by atoms with Crippen LogP contribution in [0.15, 0.2) is 46.0 Å². The van der Waals surface area contributed by atoms with E-state index in [-0.39, 0.29) is 20.1 Å². The van der Waals surface area contributed by atoms with Crippen LogP contribution in [0.25, 0.3) is 10.6 Å². The first-order valence-electron chi connectivity index (χ1n) is 6.63. The highest BCUT2D eigenvalue weighted by Gasteiger charge is 2.19. The Labute approximate surface area is 161 Å². The Morgan fingerprint density at radius 1 is 1.12 bits per heavy atom. The van der Waals surface area contributed by atoms with Crippen LogP contribution in [0.3, 0.4) is 0 Å². The second-order valence-electron chi connectivity index (χ2n) is 4.65. The lowest BCUT2D eigenvalue weighted by molar-refractivity contribution is 0.256. The second kappa shape index (κ2) is 7.30. The van der Waals surface area contributed by atoms with Crippen LogP contribution in [-0.2, 0) is 10.0 Å². The van der Waals surface area contributed by atoms with E-state index in [1.807, 2.05) is 22.2 Å². The van der Waals surface area contributed by atoms with Crippen molar-refractivity contribution in [2.75, 3.05) is 5.32 Å². The number of hydrogen-bond donors (Lipinski definition) is 2. The van der Waals surface area contributed by atoms with Crippen molar-refractivity contribution in [1.82, 2.24) is 9.71 Å². The first-order chi connectivity index (χ1) is 11.8. The van der Waals surface area contributed by atoms with Crippen molar-refractivity contribution in [3.63, 3.8) is 0 Å². The predicted molar refractivity (Wildman–Crippen MR) is 101 cm³/mol. The van der Waals surface area contributed by atoms with Gasteiger partial charge in [-0.05, 0) is 29.6 Å². The van der Waals surface area contributed by atoms with E-state index in [9.17, 15) is 13.2 Å². The number of rotatable bonds is 4. The maximum absolute atomic E-state index is 12.2. The van der Waals surface area contributed by atoms with Crippen LogP contribution < -0.4 is 10.0 Å². The van der Waals surface area contributed by atoms with Crippen LogP contribution in [0.2, 0.25) is 10.0 Å². The molecular weight excluding hydrogens is 425 g/mol. The fraction of sp³-hybridized carbons (Fsp3) is 0. The minimum Gasteiger partial charge on any atom is -0.283 e. The number of thiazole rings is 1. The SMILES string of the molecule is O=C(Nc1nc(-c2cccs2)cs1)NS(=O)(=O)c1ccc(Cl)c(Cl)c1. The molecule has 3 rings (SSSR count). The van der Waals surface area contributed by atoms with E-state index >= 15 is 0 Å². The fourth-order valence-corrected chi connectivity index (χ4v) is 4.58. The van der Waals surface area contributed by atoms with Crippen LogP contribution in [0, 0.1) is 0 Å². The molecule has 0 spiro atoms. The van der Waals surface area contributed by atoms with Gasteiger partial charge in [-0.2, -0.15) is 0 Å². The van der Waals surface area contributed by atoms with Gasteiger partial charge in [-0.3, -0.25) is 5.32 Å². The van der Waals surface area contributed by atoms with Gasteiger partial charge in [-0.25, -0.2) is 22.9 Å². The van der Waals surface area contributed by atoms with Gasteiger partial charge in [0.05, 0.1) is 25.5 Å². The number of benzene rings is 1. The van der Waals surface area contributed by atoms with Crippen molar-refractivity contribution in [3.8, 4) is 10.6 Å². The number of carbonyl (C=O) groups is 1. The Hall–Kier alpha value is -1.65. The lowest BCUT2D eigenvalue weighted by Gasteiger charge is -2.07. The molecular formula is C14H9Cl2N3O3S3. The van der Waals surface area contributed by atoms with Crippen molar-refractivity contribution in [1.29, 1.82) is 0 Å². The molecule has 0 aliphatic carbocycles. The van der Waals surface area contributed by atoms with E-state index in [0.717, 1.165) is 10.9 Å². The van der Waals surface area contributed by atoms with Gasteiger partial charge in [0, 0.05) is 5.38 Å². The number of nitrogens with zero attached hydrogens (tertiary/aromatic N) is 1. The molecule has 1 aromatic carbocycles. The van der Waals surface area contributed by atoms with Crippen molar-refractivity contribution in [2.24, 2.45) is 0 Å². The molecule has 0 saturated carbocycles. The topological polar surface area (TPSA) is 88.2 Å². The monoisotopic (exact) mass is 433 g/mol. The summed E-state index contributed by atoms with van der Waals surface area (Å²) in [5.74, 6) is 0. The summed E-state index contributed by atoms with van der Waals surface area (Å²) in [6.07, 6.45) is 0. The summed E-state index contributed by atoms with van der Waals surface area (Å²) in [7, 11) is -4.08. The zero-order chi connectivity index (χ0) is 18.0. The summed E-state index contributed by atoms with van der Waals surface area (Å²) in [5, 5.41) is 6.66. The molecule has 3 aromatic rings. The molecule has 130 valence electrons. The molecule has 0 atom stereocenters. The molecule has 0 radical (unpaired) electrons. The third kappa shape index (κ3) is 4.31. The van der Waals surface area contributed by atoms with E-state index in [4.69, 9.17) is 23.2 Å². The molecule has 11 heteroatoms. The summed E-state index contributed by atoms with van der Waals surface area (Å²) in [6, 6.07) is 6.63. The number of hydrogen-bond acceptors (Lipinski definition) is 6. The van der Waals surface area contributed by atoms with Gasteiger partial charge in [0.1, 0.15) is 0 Å². The van der Waals surface area contributed by atoms with Crippen molar-refractivity contribution < 1.29 is 13.2 Å². The average molecular weight is 434 g/mol. The summed E-state index contributed by atoms with van der Waals surface area (Å²) in [5.41, 5.74) is 0.711. The molecule has 0 fully saturated rings. The van der Waals surface area contributed by atoms with E-state index in [0.29, 0.717) is 5.69 Å². The Morgan fingerprint density at radius 3 is 2.60 bits per heavy atom. The maximum atomic E-state index is 12.2. The van der Waals surface area contributed by atoms with E-state index < -0.39 is 16.1 Å². The molecule has 2 heterocycles. The average Bonchev–Trinajstić information content (AvgIpc) is 3.20. The highest BCUT2D eigenvalue weighted by atomic mass is 35.5. The van der Waals surface area contributed by atoms with Crippen LogP contribution in [0.5, 0.6) is 0 Å². The predicted octanol–water partition coefficient (Wildman–Crippen LogP) is 4.69. The van der Waals surface area contributed by atoms with Crippen LogP contribution in [-0.4, -0.2) is 19.4 Å². The second-order valence-corrected chi connectivity index (χ2v) is 8.95. The molecule has 6 nitrogen and oxygen atoms in total. The molecule has 2 N–H and O–H groups in total. The zero-order valence-corrected chi connectivity index (χ0v) is 16.2. The van der Waals surface area contributed by atoms with Gasteiger partial charge in [-0.15, -0.1) is 22.7 Å². The number of carbonyl (C=O) groups excluding carboxylic acids is 1. The molecule has 25 heavy (non-hydrogen) atoms. The number of sulfonamides is 1. The normalized spacial score (nSPS) is 11.3. The molecule has 0 aliphatic heterocycles. The highest BCUT2D eigenvalue weighted by Crippen LogP contribution is 2.28. The van der Waals surface area contributed by atoms with E-state index in [1.165, 1.54) is 34.8 Å². The van der Waals surface area contributed by atoms with Crippen LogP contribution in [0.4, 0.5) is 9.93 Å². The third-order valence-corrected chi connectivity index (χ3v) is 6.64. The Balaban J connectivity index is 1.70. The first kappa shape index (κ1) is 18.2. The lowest BCUT2D eigenvalue weighted by atomic mass is 10.4. The summed E-state index contributed by atoms with van der Waals surface area (Å²) in [6.45, 7) is 0. The molecule has 0 aliphatic rings. The quantitative estimate of drug-likeness (QED) is 0.624. The molecule has 2 amide bonds. The van der Waals surface area contributed by atoms with Crippen LogP contribution >= 0.6 is 45.9 Å². The van der Waals surface area contributed by atoms with Crippen LogP contribution in [0.1, 0.15) is 0 Å². The van der Waals surface area contributed by atoms with Crippen molar-refractivity contribution in [3.05, 3.63) is 51.1 Å². The van der Waals surface area contributed by atoms with Crippen molar-refractivity contribution >= 4 is 67.1 Å².